The van der Waals surface area contributed by atoms with Gasteiger partial charge in [-0.2, -0.15) is 0 Å². The van der Waals surface area contributed by atoms with Crippen LogP contribution in [0.15, 0.2) is 17.8 Å². The molecule has 3 nitrogen and oxygen atoms in total. The van der Waals surface area contributed by atoms with E-state index in [0.717, 1.165) is 39.8 Å². The maximum Gasteiger partial charge on any atom is 0.132 e. The number of nitrogens with zero attached hydrogens (tertiary/aromatic N) is 2. The van der Waals surface area contributed by atoms with Gasteiger partial charge in [-0.25, -0.2) is 9.97 Å². The monoisotopic (exact) mass is 267 g/mol. The van der Waals surface area contributed by atoms with Crippen molar-refractivity contribution in [2.24, 2.45) is 0 Å². The van der Waals surface area contributed by atoms with E-state index in [1.807, 2.05) is 18.5 Å². The number of rotatable bonds is 4. The maximum absolute atomic E-state index is 6.17. The van der Waals surface area contributed by atoms with Crippen molar-refractivity contribution in [2.75, 3.05) is 12.4 Å². The summed E-state index contributed by atoms with van der Waals surface area (Å²) in [6.07, 6.45) is 3.58. The summed E-state index contributed by atoms with van der Waals surface area (Å²) in [6.45, 7) is 2.15. The highest BCUT2D eigenvalue weighted by Crippen LogP contribution is 2.35. The molecule has 2 heterocycles. The van der Waals surface area contributed by atoms with Crippen molar-refractivity contribution in [3.8, 4) is 10.6 Å². The lowest BCUT2D eigenvalue weighted by Crippen LogP contribution is -2.02. The molecule has 0 aromatic carbocycles. The van der Waals surface area contributed by atoms with E-state index in [9.17, 15) is 0 Å². The molecule has 0 atom stereocenters. The molecule has 2 aromatic rings. The number of hydrogen-bond donors (Lipinski definition) is 1. The first-order valence-electron chi connectivity index (χ1n) is 5.53. The van der Waals surface area contributed by atoms with E-state index in [1.54, 1.807) is 17.7 Å². The van der Waals surface area contributed by atoms with Crippen LogP contribution in [0.4, 0.5) is 5.82 Å². The Labute approximate surface area is 110 Å². The van der Waals surface area contributed by atoms with Crippen LogP contribution in [0.25, 0.3) is 10.6 Å². The van der Waals surface area contributed by atoms with Crippen LogP contribution in [0.1, 0.15) is 18.9 Å². The number of halogens is 1. The highest BCUT2D eigenvalue weighted by molar-refractivity contribution is 7.14. The van der Waals surface area contributed by atoms with Gasteiger partial charge < -0.3 is 5.32 Å². The van der Waals surface area contributed by atoms with Crippen molar-refractivity contribution in [1.29, 1.82) is 0 Å². The number of anilines is 1. The lowest BCUT2D eigenvalue weighted by molar-refractivity contribution is 0.906. The molecule has 1 N–H and O–H groups in total. The van der Waals surface area contributed by atoms with Crippen LogP contribution in [0.5, 0.6) is 0 Å². The van der Waals surface area contributed by atoms with Crippen molar-refractivity contribution in [1.82, 2.24) is 9.97 Å². The van der Waals surface area contributed by atoms with E-state index < -0.39 is 0 Å². The van der Waals surface area contributed by atoms with Crippen molar-refractivity contribution in [3.63, 3.8) is 0 Å². The number of thiophene rings is 1. The molecule has 0 unspecified atom stereocenters. The minimum absolute atomic E-state index is 0.758. The van der Waals surface area contributed by atoms with Crippen LogP contribution in [-0.2, 0) is 6.42 Å². The highest BCUT2D eigenvalue weighted by atomic mass is 35.5. The third-order valence-corrected chi connectivity index (χ3v) is 3.86. The second kappa shape index (κ2) is 5.47. The molecule has 0 aliphatic carbocycles. The van der Waals surface area contributed by atoms with Gasteiger partial charge in [0.05, 0.1) is 15.6 Å². The normalized spacial score (nSPS) is 10.5. The summed E-state index contributed by atoms with van der Waals surface area (Å²) in [5.74, 6) is 0.890. The SMILES string of the molecule is CCCc1c(NC)ncnc1-c1sccc1Cl. The second-order valence-electron chi connectivity index (χ2n) is 3.65. The molecule has 0 fully saturated rings. The van der Waals surface area contributed by atoms with Gasteiger partial charge in [0.2, 0.25) is 0 Å². The molecule has 5 heteroatoms. The molecule has 0 spiro atoms. The predicted molar refractivity (Wildman–Crippen MR) is 73.9 cm³/mol. The Hall–Kier alpha value is -1.13. The van der Waals surface area contributed by atoms with E-state index in [-0.39, 0.29) is 0 Å². The van der Waals surface area contributed by atoms with Crippen molar-refractivity contribution in [2.45, 2.75) is 19.8 Å². The number of aromatic nitrogens is 2. The quantitative estimate of drug-likeness (QED) is 0.914. The van der Waals surface area contributed by atoms with Crippen molar-refractivity contribution in [3.05, 3.63) is 28.4 Å². The van der Waals surface area contributed by atoms with Crippen molar-refractivity contribution >= 4 is 28.8 Å². The van der Waals surface area contributed by atoms with E-state index in [2.05, 4.69) is 22.2 Å². The van der Waals surface area contributed by atoms with Gasteiger partial charge >= 0.3 is 0 Å². The van der Waals surface area contributed by atoms with Crippen molar-refractivity contribution < 1.29 is 0 Å². The summed E-state index contributed by atoms with van der Waals surface area (Å²) in [6, 6.07) is 1.90. The summed E-state index contributed by atoms with van der Waals surface area (Å²) >= 11 is 7.78. The Morgan fingerprint density at radius 2 is 2.24 bits per heavy atom. The van der Waals surface area contributed by atoms with E-state index >= 15 is 0 Å². The molecule has 90 valence electrons. The van der Waals surface area contributed by atoms with Crippen LogP contribution >= 0.6 is 22.9 Å². The molecular formula is C12H14ClN3S. The standard InChI is InChI=1S/C12H14ClN3S/c1-3-4-8-10(11-9(13)5-6-17-11)15-7-16-12(8)14-2/h5-7H,3-4H2,1-2H3,(H,14,15,16). The Bertz CT molecular complexity index is 510. The fourth-order valence-electron chi connectivity index (χ4n) is 1.77. The lowest BCUT2D eigenvalue weighted by atomic mass is 10.1. The van der Waals surface area contributed by atoms with E-state index in [4.69, 9.17) is 11.6 Å². The first-order valence-corrected chi connectivity index (χ1v) is 6.78. The van der Waals surface area contributed by atoms with Gasteiger partial charge in [-0.3, -0.25) is 0 Å². The zero-order chi connectivity index (χ0) is 12.3. The largest absolute Gasteiger partial charge is 0.373 e. The molecular weight excluding hydrogens is 254 g/mol. The molecule has 2 rings (SSSR count). The lowest BCUT2D eigenvalue weighted by Gasteiger charge is -2.11. The fourth-order valence-corrected chi connectivity index (χ4v) is 2.94. The molecule has 0 saturated carbocycles. The molecule has 0 aliphatic rings. The van der Waals surface area contributed by atoms with Crippen LogP contribution < -0.4 is 5.32 Å². The molecule has 0 aliphatic heterocycles. The molecule has 17 heavy (non-hydrogen) atoms. The summed E-state index contributed by atoms with van der Waals surface area (Å²) in [5, 5.41) is 5.85. The molecule has 0 amide bonds. The van der Waals surface area contributed by atoms with Gasteiger partial charge in [-0.1, -0.05) is 24.9 Å². The van der Waals surface area contributed by atoms with Crippen LogP contribution in [0.2, 0.25) is 5.02 Å². The summed E-state index contributed by atoms with van der Waals surface area (Å²) in [5.41, 5.74) is 2.09. The number of hydrogen-bond acceptors (Lipinski definition) is 4. The van der Waals surface area contributed by atoms with E-state index in [0.29, 0.717) is 0 Å². The minimum Gasteiger partial charge on any atom is -0.373 e. The van der Waals surface area contributed by atoms with Crippen LogP contribution in [0, 0.1) is 0 Å². The molecule has 2 aromatic heterocycles. The van der Waals surface area contributed by atoms with Gasteiger partial charge in [0.15, 0.2) is 0 Å². The summed E-state index contributed by atoms with van der Waals surface area (Å²) in [4.78, 5) is 9.66. The van der Waals surface area contributed by atoms with Gasteiger partial charge in [-0.15, -0.1) is 11.3 Å². The average Bonchev–Trinajstić information content (AvgIpc) is 2.76. The first kappa shape index (κ1) is 12.3. The van der Waals surface area contributed by atoms with Gasteiger partial charge in [0.1, 0.15) is 12.1 Å². The number of nitrogens with one attached hydrogen (secondary N) is 1. The second-order valence-corrected chi connectivity index (χ2v) is 4.97. The average molecular weight is 268 g/mol. The third kappa shape index (κ3) is 2.42. The van der Waals surface area contributed by atoms with Gasteiger partial charge in [0, 0.05) is 12.6 Å². The van der Waals surface area contributed by atoms with Gasteiger partial charge in [0.25, 0.3) is 0 Å². The summed E-state index contributed by atoms with van der Waals surface area (Å²) in [7, 11) is 1.88. The first-order chi connectivity index (χ1) is 8.27. The van der Waals surface area contributed by atoms with Crippen LogP contribution in [-0.4, -0.2) is 17.0 Å². The Morgan fingerprint density at radius 1 is 1.41 bits per heavy atom. The minimum atomic E-state index is 0.758. The molecule has 0 bridgehead atoms. The molecule has 0 saturated heterocycles. The maximum atomic E-state index is 6.17. The zero-order valence-electron chi connectivity index (χ0n) is 9.83. The van der Waals surface area contributed by atoms with Crippen LogP contribution in [0.3, 0.4) is 0 Å². The zero-order valence-corrected chi connectivity index (χ0v) is 11.4. The predicted octanol–water partition coefficient (Wildman–Crippen LogP) is 3.85. The Morgan fingerprint density at radius 3 is 2.82 bits per heavy atom. The Kier molecular flexibility index (Phi) is 3.97. The fraction of sp³-hybridized carbons (Fsp3) is 0.333. The molecule has 0 radical (unpaired) electrons. The topological polar surface area (TPSA) is 37.8 Å². The smallest absolute Gasteiger partial charge is 0.132 e. The summed E-state index contributed by atoms with van der Waals surface area (Å²) < 4.78 is 0. The Balaban J connectivity index is 2.57. The third-order valence-electron chi connectivity index (χ3n) is 2.51. The van der Waals surface area contributed by atoms with E-state index in [1.165, 1.54) is 0 Å². The highest BCUT2D eigenvalue weighted by Gasteiger charge is 2.14. The van der Waals surface area contributed by atoms with Gasteiger partial charge in [-0.05, 0) is 17.9 Å².